The van der Waals surface area contributed by atoms with Gasteiger partial charge < -0.3 is 10.1 Å². The van der Waals surface area contributed by atoms with Crippen molar-refractivity contribution in [3.63, 3.8) is 0 Å². The van der Waals surface area contributed by atoms with Gasteiger partial charge in [0, 0.05) is 15.3 Å². The summed E-state index contributed by atoms with van der Waals surface area (Å²) in [4.78, 5) is 34.7. The van der Waals surface area contributed by atoms with Gasteiger partial charge in [0.1, 0.15) is 23.4 Å². The smallest absolute Gasteiger partial charge is 0.268 e. The van der Waals surface area contributed by atoms with Crippen LogP contribution in [-0.2, 0) is 22.4 Å². The van der Waals surface area contributed by atoms with Crippen molar-refractivity contribution in [2.24, 2.45) is 0 Å². The van der Waals surface area contributed by atoms with E-state index in [2.05, 4.69) is 16.4 Å². The standard InChI is InChI=1S/C25H24N4O3S2/c1-4-19-25(31)29(12-22(30)28-24-17(11-26)16-6-5-7-21(16)34-24)18-10-15(8-9-20(18)32-19)23-13(2)33-14(3)27-23/h8-10,19H,4-7,12H2,1-3H3,(H,28,30). The molecule has 34 heavy (non-hydrogen) atoms. The molecule has 0 spiro atoms. The van der Waals surface area contributed by atoms with Crippen LogP contribution in [0.25, 0.3) is 11.3 Å². The molecule has 0 saturated heterocycles. The summed E-state index contributed by atoms with van der Waals surface area (Å²) in [5.74, 6) is -0.0124. The van der Waals surface area contributed by atoms with E-state index >= 15 is 0 Å². The Bertz CT molecular complexity index is 1350. The highest BCUT2D eigenvalue weighted by Gasteiger charge is 2.35. The van der Waals surface area contributed by atoms with Gasteiger partial charge in [-0.2, -0.15) is 5.26 Å². The Morgan fingerprint density at radius 2 is 2.15 bits per heavy atom. The first-order valence-electron chi connectivity index (χ1n) is 11.3. The Kier molecular flexibility index (Phi) is 5.88. The molecule has 2 aromatic heterocycles. The lowest BCUT2D eigenvalue weighted by Gasteiger charge is -2.34. The summed E-state index contributed by atoms with van der Waals surface area (Å²) in [6.07, 6.45) is 2.71. The second-order valence-electron chi connectivity index (χ2n) is 8.48. The van der Waals surface area contributed by atoms with Crippen LogP contribution in [-0.4, -0.2) is 29.4 Å². The van der Waals surface area contributed by atoms with Gasteiger partial charge in [-0.25, -0.2) is 4.98 Å². The Morgan fingerprint density at radius 3 is 2.85 bits per heavy atom. The highest BCUT2D eigenvalue weighted by Crippen LogP contribution is 2.40. The van der Waals surface area contributed by atoms with Gasteiger partial charge >= 0.3 is 0 Å². The third-order valence-corrected chi connectivity index (χ3v) is 8.29. The number of ether oxygens (including phenoxy) is 1. The molecular formula is C25H24N4O3S2. The van der Waals surface area contributed by atoms with Crippen LogP contribution in [0.3, 0.4) is 0 Å². The fraction of sp³-hybridized carbons (Fsp3) is 0.360. The monoisotopic (exact) mass is 492 g/mol. The van der Waals surface area contributed by atoms with Crippen LogP contribution in [0.1, 0.15) is 45.7 Å². The van der Waals surface area contributed by atoms with Crippen LogP contribution in [0.2, 0.25) is 0 Å². The predicted molar refractivity (Wildman–Crippen MR) is 134 cm³/mol. The summed E-state index contributed by atoms with van der Waals surface area (Å²) >= 11 is 3.09. The van der Waals surface area contributed by atoms with E-state index in [-0.39, 0.29) is 18.4 Å². The van der Waals surface area contributed by atoms with E-state index in [1.54, 1.807) is 11.3 Å². The summed E-state index contributed by atoms with van der Waals surface area (Å²) in [7, 11) is 0. The fourth-order valence-electron chi connectivity index (χ4n) is 4.61. The summed E-state index contributed by atoms with van der Waals surface area (Å²) in [5, 5.41) is 14.1. The van der Waals surface area contributed by atoms with Gasteiger partial charge in [-0.05, 0) is 63.3 Å². The number of nitriles is 1. The lowest BCUT2D eigenvalue weighted by molar-refractivity contribution is -0.128. The number of aromatic nitrogens is 1. The van der Waals surface area contributed by atoms with Crippen LogP contribution in [0.4, 0.5) is 10.7 Å². The van der Waals surface area contributed by atoms with Crippen molar-refractivity contribution < 1.29 is 14.3 Å². The molecule has 1 aromatic carbocycles. The first-order chi connectivity index (χ1) is 16.4. The molecule has 7 nitrogen and oxygen atoms in total. The van der Waals surface area contributed by atoms with Gasteiger partial charge in [-0.3, -0.25) is 14.5 Å². The first kappa shape index (κ1) is 22.6. The number of nitrogens with zero attached hydrogens (tertiary/aromatic N) is 3. The van der Waals surface area contributed by atoms with Crippen LogP contribution in [0, 0.1) is 25.2 Å². The average molecular weight is 493 g/mol. The predicted octanol–water partition coefficient (Wildman–Crippen LogP) is 4.99. The fourth-order valence-corrected chi connectivity index (χ4v) is 6.71. The van der Waals surface area contributed by atoms with E-state index in [1.165, 1.54) is 21.1 Å². The number of thiazole rings is 1. The van der Waals surface area contributed by atoms with Gasteiger partial charge in [-0.1, -0.05) is 6.92 Å². The summed E-state index contributed by atoms with van der Waals surface area (Å²) in [6, 6.07) is 7.90. The quantitative estimate of drug-likeness (QED) is 0.541. The van der Waals surface area contributed by atoms with Crippen molar-refractivity contribution in [1.82, 2.24) is 4.98 Å². The van der Waals surface area contributed by atoms with E-state index in [1.807, 2.05) is 39.0 Å². The summed E-state index contributed by atoms with van der Waals surface area (Å²) < 4.78 is 5.95. The molecular weight excluding hydrogens is 468 g/mol. The number of carbonyl (C=O) groups excluding carboxylic acids is 2. The molecule has 1 unspecified atom stereocenters. The minimum absolute atomic E-state index is 0.155. The molecule has 1 aliphatic heterocycles. The maximum Gasteiger partial charge on any atom is 0.268 e. The van der Waals surface area contributed by atoms with Crippen molar-refractivity contribution in [3.8, 4) is 23.1 Å². The van der Waals surface area contributed by atoms with Crippen LogP contribution < -0.4 is 15.0 Å². The lowest BCUT2D eigenvalue weighted by atomic mass is 10.1. The number of rotatable bonds is 5. The third kappa shape index (κ3) is 3.87. The minimum Gasteiger partial charge on any atom is -0.478 e. The minimum atomic E-state index is -0.644. The summed E-state index contributed by atoms with van der Waals surface area (Å²) in [6.45, 7) is 5.71. The maximum atomic E-state index is 13.2. The molecule has 1 aliphatic carbocycles. The second kappa shape index (κ2) is 8.85. The van der Waals surface area contributed by atoms with Crippen molar-refractivity contribution in [2.45, 2.75) is 52.6 Å². The van der Waals surface area contributed by atoms with Gasteiger partial charge in [0.15, 0.2) is 6.10 Å². The molecule has 0 fully saturated rings. The zero-order valence-electron chi connectivity index (χ0n) is 19.2. The zero-order chi connectivity index (χ0) is 24.0. The molecule has 174 valence electrons. The van der Waals surface area contributed by atoms with Gasteiger partial charge in [0.2, 0.25) is 5.91 Å². The number of hydrogen-bond acceptors (Lipinski definition) is 7. The number of carbonyl (C=O) groups is 2. The Hall–Kier alpha value is -3.22. The number of aryl methyl sites for hydroxylation is 3. The molecule has 0 saturated carbocycles. The van der Waals surface area contributed by atoms with E-state index in [4.69, 9.17) is 4.74 Å². The van der Waals surface area contributed by atoms with Gasteiger partial charge in [0.25, 0.3) is 5.91 Å². The van der Waals surface area contributed by atoms with E-state index in [0.717, 1.165) is 46.0 Å². The van der Waals surface area contributed by atoms with Crippen LogP contribution in [0.15, 0.2) is 18.2 Å². The number of amides is 2. The highest BCUT2D eigenvalue weighted by atomic mass is 32.1. The number of nitrogens with one attached hydrogen (secondary N) is 1. The average Bonchev–Trinajstić information content (AvgIpc) is 3.49. The normalized spacial score (nSPS) is 16.6. The number of anilines is 2. The largest absolute Gasteiger partial charge is 0.478 e. The zero-order valence-corrected chi connectivity index (χ0v) is 20.9. The third-order valence-electron chi connectivity index (χ3n) is 6.20. The SMILES string of the molecule is CCC1Oc2ccc(-c3nc(C)sc3C)cc2N(CC(=O)Nc2sc3c(c2C#N)CCC3)C1=O. The molecule has 3 heterocycles. The van der Waals surface area contributed by atoms with E-state index < -0.39 is 6.10 Å². The topological polar surface area (TPSA) is 95.3 Å². The summed E-state index contributed by atoms with van der Waals surface area (Å²) in [5.41, 5.74) is 3.91. The van der Waals surface area contributed by atoms with Crippen LogP contribution in [0.5, 0.6) is 5.75 Å². The van der Waals surface area contributed by atoms with Crippen molar-refractivity contribution in [1.29, 1.82) is 5.26 Å². The second-order valence-corrected chi connectivity index (χ2v) is 11.0. The molecule has 5 rings (SSSR count). The Morgan fingerprint density at radius 1 is 1.32 bits per heavy atom. The Balaban J connectivity index is 1.46. The lowest BCUT2D eigenvalue weighted by Crippen LogP contribution is -2.48. The highest BCUT2D eigenvalue weighted by molar-refractivity contribution is 7.16. The molecule has 1 atom stereocenters. The molecule has 0 bridgehead atoms. The molecule has 2 amide bonds. The number of benzene rings is 1. The van der Waals surface area contributed by atoms with Crippen molar-refractivity contribution in [2.75, 3.05) is 16.8 Å². The van der Waals surface area contributed by atoms with Gasteiger partial charge in [0.05, 0.1) is 22.0 Å². The maximum absolute atomic E-state index is 13.2. The molecule has 2 aliphatic rings. The van der Waals surface area contributed by atoms with Crippen molar-refractivity contribution >= 4 is 45.2 Å². The van der Waals surface area contributed by atoms with Crippen LogP contribution >= 0.6 is 22.7 Å². The molecule has 9 heteroatoms. The molecule has 0 radical (unpaired) electrons. The first-order valence-corrected chi connectivity index (χ1v) is 12.9. The number of thiophene rings is 1. The Labute approximate surface area is 206 Å². The van der Waals surface area contributed by atoms with E-state index in [0.29, 0.717) is 28.4 Å². The number of hydrogen-bond donors (Lipinski definition) is 1. The van der Waals surface area contributed by atoms with Gasteiger partial charge in [-0.15, -0.1) is 22.7 Å². The number of fused-ring (bicyclic) bond motifs is 2. The van der Waals surface area contributed by atoms with Crippen molar-refractivity contribution in [3.05, 3.63) is 44.1 Å². The molecule has 1 N–H and O–H groups in total. The molecule has 3 aromatic rings. The van der Waals surface area contributed by atoms with E-state index in [9.17, 15) is 14.9 Å².